The van der Waals surface area contributed by atoms with E-state index < -0.39 is 39.4 Å². The normalized spacial score (nSPS) is 21.1. The van der Waals surface area contributed by atoms with Crippen molar-refractivity contribution in [3.63, 3.8) is 0 Å². The zero-order valence-corrected chi connectivity index (χ0v) is 16.6. The largest absolute Gasteiger partial charge is 0.505 e. The number of rotatable bonds is 7. The Morgan fingerprint density at radius 3 is 2.59 bits per heavy atom. The molecule has 7 heteroatoms. The van der Waals surface area contributed by atoms with Crippen LogP contribution in [0.3, 0.4) is 0 Å². The Bertz CT molecular complexity index is 855. The molecule has 27 heavy (non-hydrogen) atoms. The highest BCUT2D eigenvalue weighted by Crippen LogP contribution is 2.35. The zero-order valence-electron chi connectivity index (χ0n) is 15.8. The quantitative estimate of drug-likeness (QED) is 0.614. The average molecular weight is 398 g/mol. The Morgan fingerprint density at radius 1 is 1.37 bits per heavy atom. The molecule has 0 spiro atoms. The van der Waals surface area contributed by atoms with Gasteiger partial charge < -0.3 is 15.3 Å². The first-order valence-corrected chi connectivity index (χ1v) is 10.7. The maximum atomic E-state index is 13.4. The fourth-order valence-electron chi connectivity index (χ4n) is 3.43. The van der Waals surface area contributed by atoms with E-state index >= 15 is 0 Å². The lowest BCUT2D eigenvalue weighted by Gasteiger charge is -2.20. The van der Waals surface area contributed by atoms with Crippen LogP contribution in [0.25, 0.3) is 6.08 Å². The summed E-state index contributed by atoms with van der Waals surface area (Å²) < 4.78 is 38.0. The van der Waals surface area contributed by atoms with Crippen molar-refractivity contribution in [2.75, 3.05) is 12.4 Å². The number of aliphatic hydroxyl groups excluding tert-OH is 2. The second-order valence-electron chi connectivity index (χ2n) is 7.37. The first kappa shape index (κ1) is 21.6. The lowest BCUT2D eigenvalue weighted by Crippen LogP contribution is -2.29. The summed E-state index contributed by atoms with van der Waals surface area (Å²) >= 11 is 0. The van der Waals surface area contributed by atoms with Crippen molar-refractivity contribution < 1.29 is 28.1 Å². The predicted molar refractivity (Wildman–Crippen MR) is 103 cm³/mol. The summed E-state index contributed by atoms with van der Waals surface area (Å²) in [7, 11) is -3.49. The molecular weight excluding hydrogens is 371 g/mol. The molecule has 0 amide bonds. The number of sulfone groups is 1. The number of benzene rings is 1. The number of aliphatic hydroxyl groups is 2. The van der Waals surface area contributed by atoms with Gasteiger partial charge in [-0.05, 0) is 54.5 Å². The second-order valence-corrected chi connectivity index (χ2v) is 9.55. The van der Waals surface area contributed by atoms with E-state index in [0.29, 0.717) is 29.6 Å². The predicted octanol–water partition coefficient (Wildman–Crippen LogP) is 2.82. The van der Waals surface area contributed by atoms with Crippen LogP contribution < -0.4 is 0 Å². The number of hydrogen-bond acceptors (Lipinski definition) is 5. The molecule has 1 aromatic carbocycles. The van der Waals surface area contributed by atoms with Crippen molar-refractivity contribution in [2.45, 2.75) is 45.0 Å². The first-order chi connectivity index (χ1) is 12.6. The highest BCUT2D eigenvalue weighted by Gasteiger charge is 2.41. The van der Waals surface area contributed by atoms with Crippen LogP contribution in [-0.4, -0.2) is 47.5 Å². The van der Waals surface area contributed by atoms with Crippen LogP contribution in [0.15, 0.2) is 34.9 Å². The topological polar surface area (TPSA) is 94.8 Å². The number of hydrogen-bond donors (Lipinski definition) is 3. The fraction of sp³-hybridized carbons (Fsp3) is 0.500. The molecule has 150 valence electrons. The summed E-state index contributed by atoms with van der Waals surface area (Å²) in [5.74, 6) is -1.27. The van der Waals surface area contributed by atoms with Gasteiger partial charge in [-0.1, -0.05) is 31.6 Å². The number of halogens is 1. The monoisotopic (exact) mass is 398 g/mol. The highest BCUT2D eigenvalue weighted by molar-refractivity contribution is 7.92. The third-order valence-corrected chi connectivity index (χ3v) is 6.91. The Labute approximate surface area is 159 Å². The molecule has 3 N–H and O–H groups in total. The smallest absolute Gasteiger partial charge is 0.165 e. The van der Waals surface area contributed by atoms with Crippen LogP contribution in [0.5, 0.6) is 5.75 Å². The molecule has 0 unspecified atom stereocenters. The number of phenols is 1. The van der Waals surface area contributed by atoms with Crippen LogP contribution in [0.4, 0.5) is 4.39 Å². The lowest BCUT2D eigenvalue weighted by atomic mass is 9.90. The molecule has 0 fully saturated rings. The van der Waals surface area contributed by atoms with Crippen molar-refractivity contribution in [2.24, 2.45) is 5.92 Å². The highest BCUT2D eigenvalue weighted by atomic mass is 32.2. The molecular formula is C20H27FO5S. The van der Waals surface area contributed by atoms with Gasteiger partial charge in [-0.2, -0.15) is 0 Å². The van der Waals surface area contributed by atoms with E-state index in [1.807, 2.05) is 20.8 Å². The molecule has 2 atom stereocenters. The summed E-state index contributed by atoms with van der Waals surface area (Å²) in [5.41, 5.74) is 2.59. The molecule has 5 nitrogen and oxygen atoms in total. The molecule has 0 aromatic heterocycles. The Balaban J connectivity index is 2.15. The van der Waals surface area contributed by atoms with E-state index in [1.165, 1.54) is 12.1 Å². The average Bonchev–Trinajstić information content (AvgIpc) is 2.87. The maximum absolute atomic E-state index is 13.4. The van der Waals surface area contributed by atoms with Gasteiger partial charge in [-0.3, -0.25) is 0 Å². The van der Waals surface area contributed by atoms with Crippen molar-refractivity contribution in [1.82, 2.24) is 0 Å². The third-order valence-electron chi connectivity index (χ3n) is 4.93. The second kappa shape index (κ2) is 8.54. The van der Waals surface area contributed by atoms with Gasteiger partial charge in [0.2, 0.25) is 0 Å². The molecule has 0 aliphatic carbocycles. The number of aromatic hydroxyl groups is 1. The summed E-state index contributed by atoms with van der Waals surface area (Å²) in [4.78, 5) is 0. The number of allylic oxidation sites excluding steroid dienone is 1. The SMILES string of the molecule is C/C(=C\c1ccc(O)c(F)c1)CC[C@@H](O)C1=C(C(C)C)CS(=O)(=O)[C@H]1CO. The molecule has 1 aliphatic rings. The van der Waals surface area contributed by atoms with E-state index in [-0.39, 0.29) is 11.7 Å². The minimum atomic E-state index is -3.49. The Hall–Kier alpha value is -1.70. The molecule has 1 aromatic rings. The Morgan fingerprint density at radius 2 is 2.04 bits per heavy atom. The fourth-order valence-corrected chi connectivity index (χ4v) is 5.49. The molecule has 0 saturated carbocycles. The first-order valence-electron chi connectivity index (χ1n) is 8.95. The van der Waals surface area contributed by atoms with Crippen molar-refractivity contribution >= 4 is 15.9 Å². The molecule has 1 aliphatic heterocycles. The summed E-state index contributed by atoms with van der Waals surface area (Å²) in [5, 5.41) is 28.4. The van der Waals surface area contributed by atoms with Gasteiger partial charge in [0, 0.05) is 0 Å². The molecule has 0 bridgehead atoms. The summed E-state index contributed by atoms with van der Waals surface area (Å²) in [6.07, 6.45) is 1.58. The molecule has 0 radical (unpaired) electrons. The van der Waals surface area contributed by atoms with Crippen molar-refractivity contribution in [1.29, 1.82) is 0 Å². The van der Waals surface area contributed by atoms with Crippen LogP contribution in [0.2, 0.25) is 0 Å². The standard InChI is InChI=1S/C20H27FO5S/c1-12(2)15-11-27(25,26)19(10-22)20(15)18(24)6-4-13(3)8-14-5-7-17(23)16(21)9-14/h5,7-9,12,18-19,22-24H,4,6,10-11H2,1-3H3/b13-8+/t18-,19+/m1/s1. The minimum Gasteiger partial charge on any atom is -0.505 e. The number of phenolic OH excluding ortho intramolecular Hbond substituents is 1. The van der Waals surface area contributed by atoms with Gasteiger partial charge >= 0.3 is 0 Å². The van der Waals surface area contributed by atoms with Crippen molar-refractivity contribution in [3.8, 4) is 5.75 Å². The third kappa shape index (κ3) is 4.97. The van der Waals surface area contributed by atoms with Crippen LogP contribution in [0, 0.1) is 11.7 Å². The molecule has 0 saturated heterocycles. The van der Waals surface area contributed by atoms with E-state index in [0.717, 1.165) is 5.57 Å². The minimum absolute atomic E-state index is 0.0300. The van der Waals surface area contributed by atoms with Gasteiger partial charge in [0.05, 0.1) is 18.5 Å². The summed E-state index contributed by atoms with van der Waals surface area (Å²) in [6, 6.07) is 4.08. The molecule has 2 rings (SSSR count). The maximum Gasteiger partial charge on any atom is 0.165 e. The summed E-state index contributed by atoms with van der Waals surface area (Å²) in [6.45, 7) is 5.06. The zero-order chi connectivity index (χ0) is 20.4. The van der Waals surface area contributed by atoms with E-state index in [9.17, 15) is 28.1 Å². The van der Waals surface area contributed by atoms with Gasteiger partial charge in [0.15, 0.2) is 21.4 Å². The Kier molecular flexibility index (Phi) is 6.83. The van der Waals surface area contributed by atoms with Gasteiger partial charge in [0.25, 0.3) is 0 Å². The van der Waals surface area contributed by atoms with Crippen molar-refractivity contribution in [3.05, 3.63) is 46.3 Å². The van der Waals surface area contributed by atoms with E-state index in [1.54, 1.807) is 12.1 Å². The van der Waals surface area contributed by atoms with Gasteiger partial charge in [-0.25, -0.2) is 12.8 Å². The lowest BCUT2D eigenvalue weighted by molar-refractivity contribution is 0.188. The van der Waals surface area contributed by atoms with Gasteiger partial charge in [-0.15, -0.1) is 0 Å². The van der Waals surface area contributed by atoms with E-state index in [4.69, 9.17) is 0 Å². The van der Waals surface area contributed by atoms with Crippen LogP contribution >= 0.6 is 0 Å². The van der Waals surface area contributed by atoms with Crippen LogP contribution in [-0.2, 0) is 9.84 Å². The van der Waals surface area contributed by atoms with Gasteiger partial charge in [0.1, 0.15) is 5.25 Å². The van der Waals surface area contributed by atoms with E-state index in [2.05, 4.69) is 0 Å². The molecule has 1 heterocycles. The van der Waals surface area contributed by atoms with Crippen LogP contribution in [0.1, 0.15) is 39.2 Å².